The lowest BCUT2D eigenvalue weighted by Gasteiger charge is -2.25. The molecule has 164 valence electrons. The Labute approximate surface area is 181 Å². The van der Waals surface area contributed by atoms with Gasteiger partial charge in [0.05, 0.1) is 32.9 Å². The zero-order valence-corrected chi connectivity index (χ0v) is 18.2. The molecule has 7 nitrogen and oxygen atoms in total. The molecule has 1 fully saturated rings. The van der Waals surface area contributed by atoms with Crippen molar-refractivity contribution in [2.75, 3.05) is 27.9 Å². The summed E-state index contributed by atoms with van der Waals surface area (Å²) < 4.78 is 15.9. The van der Waals surface area contributed by atoms with Crippen molar-refractivity contribution < 1.29 is 28.9 Å². The monoisotopic (exact) mass is 425 g/mol. The van der Waals surface area contributed by atoms with Crippen LogP contribution in [0.4, 0.5) is 0 Å². The number of Topliss-reactive ketones (excluding diaryl/α,β-unsaturated/α-hetero) is 1. The first-order valence-electron chi connectivity index (χ1n) is 10.1. The van der Waals surface area contributed by atoms with Crippen LogP contribution < -0.4 is 14.2 Å². The van der Waals surface area contributed by atoms with E-state index >= 15 is 0 Å². The Bertz CT molecular complexity index is 996. The highest BCUT2D eigenvalue weighted by Crippen LogP contribution is 2.42. The summed E-state index contributed by atoms with van der Waals surface area (Å²) in [5.41, 5.74) is 1.14. The van der Waals surface area contributed by atoms with Gasteiger partial charge in [-0.25, -0.2) is 0 Å². The Balaban J connectivity index is 2.17. The van der Waals surface area contributed by atoms with Crippen LogP contribution in [0.5, 0.6) is 17.2 Å². The molecule has 1 amide bonds. The van der Waals surface area contributed by atoms with Crippen molar-refractivity contribution in [1.82, 2.24) is 4.90 Å². The van der Waals surface area contributed by atoms with Gasteiger partial charge in [0.2, 0.25) is 0 Å². The summed E-state index contributed by atoms with van der Waals surface area (Å²) in [6.07, 6.45) is 1.60. The van der Waals surface area contributed by atoms with Crippen molar-refractivity contribution in [1.29, 1.82) is 0 Å². The van der Waals surface area contributed by atoms with Gasteiger partial charge in [-0.05, 0) is 48.4 Å². The van der Waals surface area contributed by atoms with E-state index in [2.05, 4.69) is 0 Å². The second-order valence-electron chi connectivity index (χ2n) is 7.19. The maximum Gasteiger partial charge on any atom is 0.295 e. The third kappa shape index (κ3) is 4.21. The van der Waals surface area contributed by atoms with Crippen LogP contribution in [0, 0.1) is 0 Å². The fraction of sp³-hybridized carbons (Fsp3) is 0.333. The Hall–Kier alpha value is -3.48. The molecular weight excluding hydrogens is 398 g/mol. The van der Waals surface area contributed by atoms with Gasteiger partial charge in [0.15, 0.2) is 11.5 Å². The van der Waals surface area contributed by atoms with Crippen molar-refractivity contribution in [2.45, 2.75) is 25.8 Å². The Morgan fingerprint density at radius 3 is 2.23 bits per heavy atom. The molecule has 0 bridgehead atoms. The van der Waals surface area contributed by atoms with Crippen molar-refractivity contribution in [3.05, 3.63) is 59.2 Å². The molecule has 1 aliphatic heterocycles. The number of ether oxygens (including phenoxy) is 3. The summed E-state index contributed by atoms with van der Waals surface area (Å²) in [7, 11) is 4.60. The molecule has 0 unspecified atom stereocenters. The van der Waals surface area contributed by atoms with Crippen LogP contribution in [0.3, 0.4) is 0 Å². The molecule has 3 rings (SSSR count). The van der Waals surface area contributed by atoms with Crippen molar-refractivity contribution in [3.63, 3.8) is 0 Å². The average Bonchev–Trinajstić information content (AvgIpc) is 3.06. The van der Waals surface area contributed by atoms with Gasteiger partial charge in [-0.15, -0.1) is 0 Å². The first-order chi connectivity index (χ1) is 15.0. The summed E-state index contributed by atoms with van der Waals surface area (Å²) in [5, 5.41) is 11.1. The van der Waals surface area contributed by atoms with Gasteiger partial charge in [-0.1, -0.05) is 19.4 Å². The third-order valence-corrected chi connectivity index (χ3v) is 5.38. The van der Waals surface area contributed by atoms with Crippen molar-refractivity contribution >= 4 is 17.4 Å². The number of carbonyl (C=O) groups is 2. The second-order valence-corrected chi connectivity index (χ2v) is 7.19. The molecule has 2 aromatic carbocycles. The number of aliphatic hydroxyl groups is 1. The van der Waals surface area contributed by atoms with Crippen molar-refractivity contribution in [2.24, 2.45) is 0 Å². The minimum absolute atomic E-state index is 0.0542. The van der Waals surface area contributed by atoms with Gasteiger partial charge in [0.25, 0.3) is 11.7 Å². The number of hydrogen-bond donors (Lipinski definition) is 1. The van der Waals surface area contributed by atoms with Crippen molar-refractivity contribution in [3.8, 4) is 17.2 Å². The fourth-order valence-corrected chi connectivity index (χ4v) is 3.71. The second kappa shape index (κ2) is 9.55. The molecular formula is C24H27NO6. The zero-order chi connectivity index (χ0) is 22.5. The minimum Gasteiger partial charge on any atom is -0.507 e. The molecule has 0 aliphatic carbocycles. The molecule has 0 aromatic heterocycles. The molecule has 1 aliphatic rings. The standard InChI is InChI=1S/C24H27NO6/c1-5-6-13-25-21(16-9-12-18(30-3)19(14-16)31-4)20(23(27)24(25)28)22(26)15-7-10-17(29-2)11-8-15/h7-12,14,21,26H,5-6,13H2,1-4H3/t21-/m1/s1. The van der Waals surface area contributed by atoms with Crippen LogP contribution >= 0.6 is 0 Å². The highest BCUT2D eigenvalue weighted by atomic mass is 16.5. The van der Waals surface area contributed by atoms with Gasteiger partial charge in [-0.2, -0.15) is 0 Å². The fourth-order valence-electron chi connectivity index (χ4n) is 3.71. The smallest absolute Gasteiger partial charge is 0.295 e. The van der Waals surface area contributed by atoms with E-state index in [0.29, 0.717) is 34.9 Å². The number of aliphatic hydroxyl groups excluding tert-OH is 1. The number of ketones is 1. The number of unbranched alkanes of at least 4 members (excludes halogenated alkanes) is 1. The van der Waals surface area contributed by atoms with E-state index in [1.54, 1.807) is 49.6 Å². The molecule has 1 atom stereocenters. The van der Waals surface area contributed by atoms with Gasteiger partial charge < -0.3 is 24.2 Å². The molecule has 1 saturated heterocycles. The van der Waals surface area contributed by atoms with Crippen LogP contribution in [0.25, 0.3) is 5.76 Å². The predicted octanol–water partition coefficient (Wildman–Crippen LogP) is 3.93. The summed E-state index contributed by atoms with van der Waals surface area (Å²) in [6, 6.07) is 11.2. The van der Waals surface area contributed by atoms with Gasteiger partial charge >= 0.3 is 0 Å². The number of rotatable bonds is 8. The highest BCUT2D eigenvalue weighted by Gasteiger charge is 2.46. The minimum atomic E-state index is -0.728. The average molecular weight is 425 g/mol. The van der Waals surface area contributed by atoms with Crippen LogP contribution in [0.15, 0.2) is 48.0 Å². The van der Waals surface area contributed by atoms with Crippen LogP contribution in [-0.2, 0) is 9.59 Å². The number of carbonyl (C=O) groups excluding carboxylic acids is 2. The molecule has 1 heterocycles. The van der Waals surface area contributed by atoms with Gasteiger partial charge in [-0.3, -0.25) is 9.59 Å². The Morgan fingerprint density at radius 1 is 0.968 bits per heavy atom. The van der Waals surface area contributed by atoms with Gasteiger partial charge in [0.1, 0.15) is 11.5 Å². The maximum absolute atomic E-state index is 13.0. The zero-order valence-electron chi connectivity index (χ0n) is 18.2. The molecule has 0 spiro atoms. The van der Waals surface area contributed by atoms with E-state index in [9.17, 15) is 14.7 Å². The molecule has 7 heteroatoms. The lowest BCUT2D eigenvalue weighted by molar-refractivity contribution is -0.139. The van der Waals surface area contributed by atoms with Crippen LogP contribution in [0.1, 0.15) is 36.9 Å². The topological polar surface area (TPSA) is 85.3 Å². The molecule has 2 aromatic rings. The van der Waals surface area contributed by atoms with E-state index in [4.69, 9.17) is 14.2 Å². The number of amides is 1. The SMILES string of the molecule is CCCCN1C(=O)C(=O)C(=C(O)c2ccc(OC)cc2)[C@H]1c1ccc(OC)c(OC)c1. The van der Waals surface area contributed by atoms with E-state index in [-0.39, 0.29) is 11.3 Å². The summed E-state index contributed by atoms with van der Waals surface area (Å²) in [4.78, 5) is 27.4. The van der Waals surface area contributed by atoms with Crippen LogP contribution in [0.2, 0.25) is 0 Å². The number of hydrogen-bond acceptors (Lipinski definition) is 6. The molecule has 1 N–H and O–H groups in total. The summed E-state index contributed by atoms with van der Waals surface area (Å²) >= 11 is 0. The number of nitrogens with zero attached hydrogens (tertiary/aromatic N) is 1. The maximum atomic E-state index is 13.0. The van der Waals surface area contributed by atoms with Gasteiger partial charge in [0, 0.05) is 12.1 Å². The Kier molecular flexibility index (Phi) is 6.84. The van der Waals surface area contributed by atoms with E-state index in [0.717, 1.165) is 12.8 Å². The number of methoxy groups -OCH3 is 3. The predicted molar refractivity (Wildman–Crippen MR) is 116 cm³/mol. The van der Waals surface area contributed by atoms with E-state index in [1.807, 2.05) is 6.92 Å². The lowest BCUT2D eigenvalue weighted by atomic mass is 9.95. The van der Waals surface area contributed by atoms with E-state index < -0.39 is 17.7 Å². The largest absolute Gasteiger partial charge is 0.507 e. The summed E-state index contributed by atoms with van der Waals surface area (Å²) in [6.45, 7) is 2.42. The number of benzene rings is 2. The van der Waals surface area contributed by atoms with E-state index in [1.165, 1.54) is 19.1 Å². The molecule has 0 radical (unpaired) electrons. The number of likely N-dealkylation sites (tertiary alicyclic amines) is 1. The lowest BCUT2D eigenvalue weighted by Crippen LogP contribution is -2.30. The third-order valence-electron chi connectivity index (χ3n) is 5.38. The normalized spacial score (nSPS) is 17.7. The quantitative estimate of drug-likeness (QED) is 0.392. The highest BCUT2D eigenvalue weighted by molar-refractivity contribution is 6.46. The molecule has 31 heavy (non-hydrogen) atoms. The van der Waals surface area contributed by atoms with Crippen LogP contribution in [-0.4, -0.2) is 49.6 Å². The summed E-state index contributed by atoms with van der Waals surface area (Å²) in [5.74, 6) is 0.0844. The molecule has 0 saturated carbocycles. The first-order valence-corrected chi connectivity index (χ1v) is 10.1. The first kappa shape index (κ1) is 22.2. The Morgan fingerprint density at radius 2 is 1.65 bits per heavy atom.